The number of rotatable bonds is 3. The summed E-state index contributed by atoms with van der Waals surface area (Å²) >= 11 is 0. The molecule has 1 saturated carbocycles. The molecule has 1 amide bonds. The van der Waals surface area contributed by atoms with E-state index in [4.69, 9.17) is 9.47 Å². The van der Waals surface area contributed by atoms with Crippen LogP contribution in [0.1, 0.15) is 6.92 Å². The van der Waals surface area contributed by atoms with Crippen molar-refractivity contribution in [2.75, 3.05) is 21.3 Å². The first-order valence-corrected chi connectivity index (χ1v) is 5.37. The SMILES string of the molecule is COC(=O)[C@@]12C(=O)NC(OC)(OC)[C@]1(C#N)[C@H]2C. The number of methoxy groups -OCH3 is 3. The largest absolute Gasteiger partial charge is 0.468 e. The van der Waals surface area contributed by atoms with E-state index >= 15 is 0 Å². The Bertz CT molecular complexity index is 467. The molecular weight excluding hydrogens is 240 g/mol. The molecule has 0 aromatic heterocycles. The number of nitrogens with one attached hydrogen (secondary N) is 1. The van der Waals surface area contributed by atoms with Crippen LogP contribution in [0.4, 0.5) is 0 Å². The second kappa shape index (κ2) is 3.43. The van der Waals surface area contributed by atoms with Gasteiger partial charge >= 0.3 is 5.97 Å². The number of carbonyl (C=O) groups excluding carboxylic acids is 2. The molecule has 2 fully saturated rings. The van der Waals surface area contributed by atoms with Gasteiger partial charge in [-0.25, -0.2) is 0 Å². The van der Waals surface area contributed by atoms with Crippen LogP contribution in [-0.2, 0) is 23.8 Å². The molecule has 0 unspecified atom stereocenters. The second-order valence-electron chi connectivity index (χ2n) is 4.42. The van der Waals surface area contributed by atoms with Crippen LogP contribution >= 0.6 is 0 Å². The lowest BCUT2D eigenvalue weighted by Gasteiger charge is -2.31. The van der Waals surface area contributed by atoms with Gasteiger partial charge in [-0.15, -0.1) is 0 Å². The summed E-state index contributed by atoms with van der Waals surface area (Å²) in [4.78, 5) is 24.1. The van der Waals surface area contributed by atoms with Crippen LogP contribution < -0.4 is 5.32 Å². The monoisotopic (exact) mass is 254 g/mol. The van der Waals surface area contributed by atoms with Gasteiger partial charge in [0.15, 0.2) is 10.8 Å². The number of nitrogens with zero attached hydrogens (tertiary/aromatic N) is 1. The highest BCUT2D eigenvalue weighted by Crippen LogP contribution is 2.77. The molecule has 0 aromatic rings. The minimum atomic E-state index is -1.62. The molecule has 7 nitrogen and oxygen atoms in total. The number of fused-ring (bicyclic) bond motifs is 1. The summed E-state index contributed by atoms with van der Waals surface area (Å²) in [5.41, 5.74) is -2.96. The van der Waals surface area contributed by atoms with Crippen LogP contribution in [0, 0.1) is 28.1 Å². The minimum Gasteiger partial charge on any atom is -0.468 e. The molecule has 18 heavy (non-hydrogen) atoms. The average molecular weight is 254 g/mol. The lowest BCUT2D eigenvalue weighted by Crippen LogP contribution is -2.54. The van der Waals surface area contributed by atoms with E-state index < -0.39 is 34.5 Å². The van der Waals surface area contributed by atoms with E-state index in [2.05, 4.69) is 10.1 Å². The van der Waals surface area contributed by atoms with Gasteiger partial charge in [-0.2, -0.15) is 5.26 Å². The van der Waals surface area contributed by atoms with Crippen LogP contribution in [0.25, 0.3) is 0 Å². The number of amides is 1. The summed E-state index contributed by atoms with van der Waals surface area (Å²) in [7, 11) is 3.79. The first-order chi connectivity index (χ1) is 8.45. The molecule has 7 heteroatoms. The van der Waals surface area contributed by atoms with Crippen molar-refractivity contribution in [2.45, 2.75) is 12.8 Å². The van der Waals surface area contributed by atoms with E-state index in [9.17, 15) is 14.9 Å². The third-order valence-electron chi connectivity index (χ3n) is 4.25. The van der Waals surface area contributed by atoms with Gasteiger partial charge in [-0.3, -0.25) is 9.59 Å². The Morgan fingerprint density at radius 2 is 1.94 bits per heavy atom. The quantitative estimate of drug-likeness (QED) is 0.409. The zero-order valence-corrected chi connectivity index (χ0v) is 10.6. The van der Waals surface area contributed by atoms with Gasteiger partial charge in [0.1, 0.15) is 0 Å². The van der Waals surface area contributed by atoms with Crippen molar-refractivity contribution in [2.24, 2.45) is 16.7 Å². The Hall–Kier alpha value is -1.65. The maximum atomic E-state index is 12.1. The summed E-state index contributed by atoms with van der Waals surface area (Å²) < 4.78 is 15.0. The Morgan fingerprint density at radius 3 is 2.33 bits per heavy atom. The number of ether oxygens (including phenoxy) is 3. The zero-order chi connectivity index (χ0) is 13.8. The standard InChI is InChI=1S/C11H14N2O5/c1-6-9(5-12)10(6,8(15)16-2)7(14)13-11(9,17-3)18-4/h6H,1-4H3,(H,13,14)/t6-,9-,10-/m1/s1. The summed E-state index contributed by atoms with van der Waals surface area (Å²) in [6.07, 6.45) is 0. The fourth-order valence-corrected chi connectivity index (χ4v) is 3.29. The normalized spacial score (nSPS) is 39.5. The van der Waals surface area contributed by atoms with Gasteiger partial charge in [-0.05, 0) is 0 Å². The minimum absolute atomic E-state index is 0.545. The Kier molecular flexibility index (Phi) is 2.44. The summed E-state index contributed by atoms with van der Waals surface area (Å²) in [5, 5.41) is 11.9. The number of carbonyl (C=O) groups is 2. The van der Waals surface area contributed by atoms with Crippen LogP contribution in [0.3, 0.4) is 0 Å². The van der Waals surface area contributed by atoms with Crippen molar-refractivity contribution in [3.63, 3.8) is 0 Å². The highest BCUT2D eigenvalue weighted by atomic mass is 16.7. The van der Waals surface area contributed by atoms with E-state index in [1.165, 1.54) is 21.3 Å². The van der Waals surface area contributed by atoms with E-state index in [-0.39, 0.29) is 0 Å². The van der Waals surface area contributed by atoms with Crippen molar-refractivity contribution in [1.29, 1.82) is 5.26 Å². The van der Waals surface area contributed by atoms with E-state index in [0.717, 1.165) is 0 Å². The molecule has 0 spiro atoms. The molecule has 3 atom stereocenters. The first kappa shape index (κ1) is 12.8. The molecule has 98 valence electrons. The highest BCUT2D eigenvalue weighted by Gasteiger charge is 2.96. The fraction of sp³-hybridized carbons (Fsp3) is 0.727. The van der Waals surface area contributed by atoms with Gasteiger partial charge in [0, 0.05) is 20.1 Å². The topological polar surface area (TPSA) is 97.7 Å². The second-order valence-corrected chi connectivity index (χ2v) is 4.42. The van der Waals surface area contributed by atoms with Gasteiger partial charge in [0.05, 0.1) is 13.2 Å². The lowest BCUT2D eigenvalue weighted by atomic mass is 9.94. The first-order valence-electron chi connectivity index (χ1n) is 5.37. The average Bonchev–Trinajstić information content (AvgIpc) is 2.86. The van der Waals surface area contributed by atoms with Gasteiger partial charge in [0.2, 0.25) is 5.91 Å². The van der Waals surface area contributed by atoms with Gasteiger partial charge in [0.25, 0.3) is 5.91 Å². The van der Waals surface area contributed by atoms with Crippen molar-refractivity contribution in [3.8, 4) is 6.07 Å². The van der Waals surface area contributed by atoms with E-state index in [1.54, 1.807) is 6.92 Å². The number of esters is 1. The van der Waals surface area contributed by atoms with E-state index in [0.29, 0.717) is 0 Å². The van der Waals surface area contributed by atoms with Crippen LogP contribution in [0.5, 0.6) is 0 Å². The predicted molar refractivity (Wildman–Crippen MR) is 56.6 cm³/mol. The van der Waals surface area contributed by atoms with E-state index in [1.807, 2.05) is 6.07 Å². The fourth-order valence-electron chi connectivity index (χ4n) is 3.29. The third kappa shape index (κ3) is 0.866. The van der Waals surface area contributed by atoms with Gasteiger partial charge < -0.3 is 19.5 Å². The summed E-state index contributed by atoms with van der Waals surface area (Å²) in [6, 6.07) is 2.01. The molecule has 2 aliphatic rings. The Balaban J connectivity index is 2.64. The van der Waals surface area contributed by atoms with Gasteiger partial charge in [-0.1, -0.05) is 6.92 Å². The molecule has 1 aliphatic heterocycles. The molecule has 2 rings (SSSR count). The smallest absolute Gasteiger partial charge is 0.323 e. The third-order valence-corrected chi connectivity index (χ3v) is 4.25. The van der Waals surface area contributed by atoms with Crippen LogP contribution in [-0.4, -0.2) is 39.1 Å². The maximum absolute atomic E-state index is 12.1. The molecule has 1 aliphatic carbocycles. The number of hydrogen-bond acceptors (Lipinski definition) is 6. The number of hydrogen-bond donors (Lipinski definition) is 1. The maximum Gasteiger partial charge on any atom is 0.323 e. The van der Waals surface area contributed by atoms with Crippen LogP contribution in [0.2, 0.25) is 0 Å². The Morgan fingerprint density at radius 1 is 1.39 bits per heavy atom. The molecule has 0 bridgehead atoms. The van der Waals surface area contributed by atoms with Crippen molar-refractivity contribution in [3.05, 3.63) is 0 Å². The number of nitriles is 1. The highest BCUT2D eigenvalue weighted by molar-refractivity contribution is 6.11. The molecular formula is C11H14N2O5. The van der Waals surface area contributed by atoms with Crippen LogP contribution in [0.15, 0.2) is 0 Å². The summed E-state index contributed by atoms with van der Waals surface area (Å²) in [5.74, 6) is -3.51. The van der Waals surface area contributed by atoms with Crippen molar-refractivity contribution < 1.29 is 23.8 Å². The van der Waals surface area contributed by atoms with Crippen molar-refractivity contribution >= 4 is 11.9 Å². The number of piperidine rings is 1. The lowest BCUT2D eigenvalue weighted by molar-refractivity contribution is -0.249. The molecule has 1 N–H and O–H groups in total. The molecule has 0 aromatic carbocycles. The Labute approximate surface area is 104 Å². The summed E-state index contributed by atoms with van der Waals surface area (Å²) in [6.45, 7) is 1.63. The molecule has 0 radical (unpaired) electrons. The molecule has 1 saturated heterocycles. The molecule has 1 heterocycles. The van der Waals surface area contributed by atoms with Crippen molar-refractivity contribution in [1.82, 2.24) is 5.32 Å². The predicted octanol–water partition coefficient (Wildman–Crippen LogP) is -0.618. The zero-order valence-electron chi connectivity index (χ0n) is 10.6.